The van der Waals surface area contributed by atoms with Gasteiger partial charge >= 0.3 is 6.10 Å². The number of likely N-dealkylation sites (N-methyl/N-ethyl adjacent to an activating group) is 2. The van der Waals surface area contributed by atoms with Crippen molar-refractivity contribution in [3.05, 3.63) is 0 Å². The number of carbonyl (C=O) groups excluding carboxylic acids is 1. The molecule has 0 N–H and O–H groups in total. The minimum atomic E-state index is -0.241. The summed E-state index contributed by atoms with van der Waals surface area (Å²) in [6, 6.07) is 0. The highest BCUT2D eigenvalue weighted by atomic mass is 79.9. The zero-order valence-corrected chi connectivity index (χ0v) is 11.3. The maximum absolute atomic E-state index is 9.91. The third-order valence-corrected chi connectivity index (χ3v) is 1.79. The van der Waals surface area contributed by atoms with Crippen molar-refractivity contribution in [2.24, 2.45) is 0 Å². The Kier molecular flexibility index (Phi) is 12.9. The van der Waals surface area contributed by atoms with E-state index >= 15 is 0 Å². The van der Waals surface area contributed by atoms with Crippen LogP contribution in [0.25, 0.3) is 0 Å². The number of hydrogen-bond acceptors (Lipinski definition) is 4. The van der Waals surface area contributed by atoms with Gasteiger partial charge in [0.1, 0.15) is 0 Å². The van der Waals surface area contributed by atoms with E-state index in [4.69, 9.17) is 0 Å². The Morgan fingerprint density at radius 3 is 1.64 bits per heavy atom. The predicted molar refractivity (Wildman–Crippen MR) is 65.6 cm³/mol. The third kappa shape index (κ3) is 17.9. The van der Waals surface area contributed by atoms with Crippen molar-refractivity contribution in [2.75, 3.05) is 48.4 Å². The van der Waals surface area contributed by atoms with Crippen LogP contribution in [-0.2, 0) is 4.74 Å². The molecule has 0 heterocycles. The van der Waals surface area contributed by atoms with Gasteiger partial charge < -0.3 is 14.5 Å². The van der Waals surface area contributed by atoms with Crippen molar-refractivity contribution < 1.29 is 9.53 Å². The second-order valence-corrected chi connectivity index (χ2v) is 3.88. The monoisotopic (exact) mass is 266 g/mol. The minimum Gasteiger partial charge on any atom is -0.476 e. The van der Waals surface area contributed by atoms with E-state index < -0.39 is 0 Å². The van der Waals surface area contributed by atoms with Gasteiger partial charge in [0, 0.05) is 13.1 Å². The number of ether oxygens (including phenoxy) is 1. The van der Waals surface area contributed by atoms with Gasteiger partial charge in [-0.3, -0.25) is 4.79 Å². The Morgan fingerprint density at radius 1 is 1.21 bits per heavy atom. The third-order valence-electron chi connectivity index (χ3n) is 1.33. The minimum absolute atomic E-state index is 0.241. The maximum atomic E-state index is 9.91. The van der Waals surface area contributed by atoms with Gasteiger partial charge in [-0.15, -0.1) is 15.8 Å². The number of methoxy groups -OCH3 is 1. The molecule has 0 aliphatic carbocycles. The van der Waals surface area contributed by atoms with Crippen molar-refractivity contribution in [1.29, 1.82) is 0 Å². The lowest BCUT2D eigenvalue weighted by Gasteiger charge is -2.13. The Labute approximate surface area is 95.8 Å². The van der Waals surface area contributed by atoms with Crippen LogP contribution in [0.5, 0.6) is 0 Å². The molecule has 0 unspecified atom stereocenters. The van der Waals surface area contributed by atoms with Crippen molar-refractivity contribution >= 4 is 27.7 Å². The second-order valence-electron chi connectivity index (χ2n) is 3.32. The molecule has 4 nitrogen and oxygen atoms in total. The van der Waals surface area contributed by atoms with Crippen molar-refractivity contribution in [3.63, 3.8) is 0 Å². The van der Waals surface area contributed by atoms with Gasteiger partial charge in [-0.1, -0.05) is 0 Å². The van der Waals surface area contributed by atoms with E-state index in [1.165, 1.54) is 7.11 Å². The standard InChI is InChI=1S/C6H16N2.C2H4BBrO2/c1-7(2)5-6-8(3)4;1-6-2(5)3-4/h5-6H2,1-4H3;3H,1H3. The molecule has 0 spiro atoms. The molecule has 0 saturated heterocycles. The smallest absolute Gasteiger partial charge is 0.337 e. The molecule has 0 atom stereocenters. The average molecular weight is 267 g/mol. The Morgan fingerprint density at radius 2 is 1.57 bits per heavy atom. The second kappa shape index (κ2) is 11.0. The van der Waals surface area contributed by atoms with Gasteiger partial charge in [-0.05, 0) is 28.2 Å². The summed E-state index contributed by atoms with van der Waals surface area (Å²) in [7, 11) is 9.70. The highest BCUT2D eigenvalue weighted by molar-refractivity contribution is 9.24. The summed E-state index contributed by atoms with van der Waals surface area (Å²) >= 11 is 2.90. The lowest BCUT2D eigenvalue weighted by atomic mass is 10.2. The first kappa shape index (κ1) is 16.4. The lowest BCUT2D eigenvalue weighted by molar-refractivity contribution is 0.198. The van der Waals surface area contributed by atoms with Crippen LogP contribution in [-0.4, -0.2) is 70.2 Å². The summed E-state index contributed by atoms with van der Waals surface area (Å²) in [5.74, 6) is -0.241. The molecule has 0 aliphatic rings. The molecular weight excluding hydrogens is 247 g/mol. The SMILES string of the molecule is CN(C)CCN(C)C.COC(=O)BBr. The Bertz CT molecular complexity index is 131. The van der Waals surface area contributed by atoms with E-state index in [-0.39, 0.29) is 12.0 Å². The summed E-state index contributed by atoms with van der Waals surface area (Å²) in [5.41, 5.74) is 0. The topological polar surface area (TPSA) is 32.8 Å². The van der Waals surface area contributed by atoms with Crippen molar-refractivity contribution in [3.8, 4) is 0 Å². The van der Waals surface area contributed by atoms with E-state index in [2.05, 4.69) is 58.5 Å². The molecule has 0 aromatic rings. The van der Waals surface area contributed by atoms with E-state index in [9.17, 15) is 4.79 Å². The summed E-state index contributed by atoms with van der Waals surface area (Å²) in [5, 5.41) is 0. The maximum Gasteiger partial charge on any atom is 0.337 e. The molecule has 0 fully saturated rings. The normalized spacial score (nSPS) is 9.43. The van der Waals surface area contributed by atoms with Gasteiger partial charge in [0.25, 0.3) is 5.87 Å². The number of rotatable bonds is 4. The van der Waals surface area contributed by atoms with E-state index in [1.54, 1.807) is 0 Å². The largest absolute Gasteiger partial charge is 0.476 e. The van der Waals surface area contributed by atoms with Crippen LogP contribution in [0, 0.1) is 0 Å². The van der Waals surface area contributed by atoms with Crippen LogP contribution in [0.2, 0.25) is 0 Å². The average Bonchev–Trinajstić information content (AvgIpc) is 2.14. The van der Waals surface area contributed by atoms with Crippen LogP contribution < -0.4 is 0 Å². The number of halogens is 1. The first-order valence-corrected chi connectivity index (χ1v) is 5.48. The molecule has 0 aromatic heterocycles. The predicted octanol–water partition coefficient (Wildman–Crippen LogP) is 0.609. The van der Waals surface area contributed by atoms with Crippen LogP contribution in [0.4, 0.5) is 4.79 Å². The van der Waals surface area contributed by atoms with Gasteiger partial charge in [-0.25, -0.2) is 0 Å². The van der Waals surface area contributed by atoms with Gasteiger partial charge in [0.05, 0.1) is 7.11 Å². The Hall–Kier alpha value is -0.0651. The van der Waals surface area contributed by atoms with Gasteiger partial charge in [0.2, 0.25) is 0 Å². The highest BCUT2D eigenvalue weighted by Gasteiger charge is 1.93. The van der Waals surface area contributed by atoms with Crippen molar-refractivity contribution in [1.82, 2.24) is 9.80 Å². The molecule has 0 saturated carbocycles. The first-order valence-electron chi connectivity index (χ1n) is 4.36. The van der Waals surface area contributed by atoms with E-state index in [0.29, 0.717) is 0 Å². The summed E-state index contributed by atoms with van der Waals surface area (Å²) < 4.78 is 4.21. The van der Waals surface area contributed by atoms with E-state index in [0.717, 1.165) is 13.1 Å². The molecule has 0 rings (SSSR count). The van der Waals surface area contributed by atoms with E-state index in [1.807, 2.05) is 0 Å². The zero-order chi connectivity index (χ0) is 11.6. The molecule has 14 heavy (non-hydrogen) atoms. The fraction of sp³-hybridized carbons (Fsp3) is 0.875. The quantitative estimate of drug-likeness (QED) is 0.698. The van der Waals surface area contributed by atoms with Crippen LogP contribution >= 0.6 is 15.8 Å². The number of carbonyl (C=O) groups is 1. The van der Waals surface area contributed by atoms with Gasteiger partial charge in [-0.2, -0.15) is 0 Å². The van der Waals surface area contributed by atoms with Crippen LogP contribution in [0.15, 0.2) is 0 Å². The number of hydrogen-bond donors (Lipinski definition) is 0. The molecule has 0 amide bonds. The fourth-order valence-corrected chi connectivity index (χ4v) is 0.683. The molecule has 6 heteroatoms. The van der Waals surface area contributed by atoms with Crippen LogP contribution in [0.1, 0.15) is 0 Å². The molecular formula is C8H20BBrN2O2. The molecule has 0 bridgehead atoms. The first-order chi connectivity index (χ1) is 6.43. The molecule has 0 aliphatic heterocycles. The fourth-order valence-electron chi connectivity index (χ4n) is 0.455. The number of nitrogens with zero attached hydrogens (tertiary/aromatic N) is 2. The van der Waals surface area contributed by atoms with Crippen LogP contribution in [0.3, 0.4) is 0 Å². The summed E-state index contributed by atoms with van der Waals surface area (Å²) in [6.45, 7) is 2.29. The van der Waals surface area contributed by atoms with Gasteiger partial charge in [0.15, 0.2) is 0 Å². The molecule has 0 radical (unpaired) electrons. The summed E-state index contributed by atoms with van der Waals surface area (Å²) in [4.78, 5) is 14.3. The Balaban J connectivity index is 0. The molecule has 0 aromatic carbocycles. The van der Waals surface area contributed by atoms with Crippen molar-refractivity contribution in [2.45, 2.75) is 0 Å². The zero-order valence-electron chi connectivity index (χ0n) is 9.71. The highest BCUT2D eigenvalue weighted by Crippen LogP contribution is 1.78. The lowest BCUT2D eigenvalue weighted by Crippen LogP contribution is -2.25. The summed E-state index contributed by atoms with van der Waals surface area (Å²) in [6.07, 6.45) is 0.281. The molecule has 84 valence electrons.